The predicted octanol–water partition coefficient (Wildman–Crippen LogP) is 3.23. The molecule has 0 bridgehead atoms. The summed E-state index contributed by atoms with van der Waals surface area (Å²) in [5.41, 5.74) is 0.368. The number of carbonyl (C=O) groups excluding carboxylic acids is 1. The van der Waals surface area contributed by atoms with Gasteiger partial charge in [-0.2, -0.15) is 0 Å². The Labute approximate surface area is 155 Å². The van der Waals surface area contributed by atoms with Crippen LogP contribution in [0.15, 0.2) is 47.1 Å². The number of hydrogen-bond acceptors (Lipinski definition) is 4. The van der Waals surface area contributed by atoms with Crippen LogP contribution >= 0.6 is 0 Å². The molecule has 1 saturated heterocycles. The highest BCUT2D eigenvalue weighted by atomic mass is 16.5. The van der Waals surface area contributed by atoms with Gasteiger partial charge in [0.1, 0.15) is 11.5 Å². The van der Waals surface area contributed by atoms with Gasteiger partial charge in [-0.15, -0.1) is 0 Å². The third kappa shape index (κ3) is 4.67. The average molecular weight is 356 g/mol. The summed E-state index contributed by atoms with van der Waals surface area (Å²) in [5.74, 6) is 1.67. The number of aryl methyl sites for hydroxylation is 2. The van der Waals surface area contributed by atoms with Crippen LogP contribution in [0.3, 0.4) is 0 Å². The molecule has 1 aromatic carbocycles. The fourth-order valence-electron chi connectivity index (χ4n) is 3.28. The SMILES string of the molecule is Cc1ccc(OC2(C(=O)NC(C)CCc3ccco3)CCNCC2)cc1. The van der Waals surface area contributed by atoms with Gasteiger partial charge in [-0.1, -0.05) is 17.7 Å². The molecule has 2 aromatic rings. The van der Waals surface area contributed by atoms with Crippen LogP contribution in [-0.4, -0.2) is 30.6 Å². The lowest BCUT2D eigenvalue weighted by atomic mass is 9.90. The number of ether oxygens (including phenoxy) is 1. The van der Waals surface area contributed by atoms with Crippen molar-refractivity contribution in [2.75, 3.05) is 13.1 Å². The van der Waals surface area contributed by atoms with Gasteiger partial charge in [0.15, 0.2) is 5.60 Å². The van der Waals surface area contributed by atoms with E-state index in [9.17, 15) is 4.79 Å². The summed E-state index contributed by atoms with van der Waals surface area (Å²) in [7, 11) is 0. The van der Waals surface area contributed by atoms with Crippen LogP contribution in [0.2, 0.25) is 0 Å². The molecular formula is C21H28N2O3. The van der Waals surface area contributed by atoms with E-state index in [1.165, 1.54) is 5.56 Å². The number of nitrogens with one attached hydrogen (secondary N) is 2. The minimum atomic E-state index is -0.806. The lowest BCUT2D eigenvalue weighted by Crippen LogP contribution is -2.58. The van der Waals surface area contributed by atoms with Crippen LogP contribution in [0, 0.1) is 6.92 Å². The minimum Gasteiger partial charge on any atom is -0.477 e. The molecule has 140 valence electrons. The fraction of sp³-hybridized carbons (Fsp3) is 0.476. The molecule has 0 aliphatic carbocycles. The van der Waals surface area contributed by atoms with Crippen LogP contribution in [0.25, 0.3) is 0 Å². The van der Waals surface area contributed by atoms with Crippen molar-refractivity contribution in [1.29, 1.82) is 0 Å². The Kier molecular flexibility index (Phi) is 5.99. The Morgan fingerprint density at radius 1 is 1.27 bits per heavy atom. The van der Waals surface area contributed by atoms with Crippen molar-refractivity contribution in [3.63, 3.8) is 0 Å². The molecule has 1 fully saturated rings. The molecule has 1 aliphatic rings. The van der Waals surface area contributed by atoms with E-state index in [0.717, 1.165) is 37.4 Å². The van der Waals surface area contributed by atoms with Crippen LogP contribution in [0.4, 0.5) is 0 Å². The molecule has 3 rings (SSSR count). The Bertz CT molecular complexity index is 689. The Morgan fingerprint density at radius 2 is 2.00 bits per heavy atom. The highest BCUT2D eigenvalue weighted by molar-refractivity contribution is 5.86. The second-order valence-electron chi connectivity index (χ2n) is 7.15. The van der Waals surface area contributed by atoms with E-state index >= 15 is 0 Å². The van der Waals surface area contributed by atoms with Gasteiger partial charge in [0.25, 0.3) is 5.91 Å². The maximum absolute atomic E-state index is 13.1. The highest BCUT2D eigenvalue weighted by Gasteiger charge is 2.42. The number of piperidine rings is 1. The molecular weight excluding hydrogens is 328 g/mol. The molecule has 0 radical (unpaired) electrons. The largest absolute Gasteiger partial charge is 0.477 e. The van der Waals surface area contributed by atoms with Crippen molar-refractivity contribution in [2.45, 2.75) is 51.2 Å². The molecule has 1 aliphatic heterocycles. The van der Waals surface area contributed by atoms with Crippen molar-refractivity contribution < 1.29 is 13.9 Å². The van der Waals surface area contributed by atoms with Crippen molar-refractivity contribution in [1.82, 2.24) is 10.6 Å². The van der Waals surface area contributed by atoms with E-state index in [1.54, 1.807) is 6.26 Å². The van der Waals surface area contributed by atoms with E-state index < -0.39 is 5.60 Å². The number of amides is 1. The second-order valence-corrected chi connectivity index (χ2v) is 7.15. The van der Waals surface area contributed by atoms with E-state index in [2.05, 4.69) is 10.6 Å². The number of rotatable bonds is 7. The quantitative estimate of drug-likeness (QED) is 0.799. The number of furan rings is 1. The average Bonchev–Trinajstić information content (AvgIpc) is 3.16. The predicted molar refractivity (Wildman–Crippen MR) is 101 cm³/mol. The van der Waals surface area contributed by atoms with Crippen molar-refractivity contribution in [3.05, 3.63) is 54.0 Å². The zero-order valence-electron chi connectivity index (χ0n) is 15.6. The Hall–Kier alpha value is -2.27. The Morgan fingerprint density at radius 3 is 2.65 bits per heavy atom. The highest BCUT2D eigenvalue weighted by Crippen LogP contribution is 2.27. The van der Waals surface area contributed by atoms with E-state index in [-0.39, 0.29) is 11.9 Å². The number of benzene rings is 1. The topological polar surface area (TPSA) is 63.5 Å². The monoisotopic (exact) mass is 356 g/mol. The molecule has 1 atom stereocenters. The summed E-state index contributed by atoms with van der Waals surface area (Å²) < 4.78 is 11.6. The lowest BCUT2D eigenvalue weighted by molar-refractivity contribution is -0.140. The molecule has 0 saturated carbocycles. The van der Waals surface area contributed by atoms with Crippen LogP contribution in [-0.2, 0) is 11.2 Å². The molecule has 5 heteroatoms. The van der Waals surface area contributed by atoms with Crippen molar-refractivity contribution in [2.24, 2.45) is 0 Å². The molecule has 5 nitrogen and oxygen atoms in total. The van der Waals surface area contributed by atoms with Crippen molar-refractivity contribution >= 4 is 5.91 Å². The first kappa shape index (κ1) is 18.5. The molecule has 2 N–H and O–H groups in total. The third-order valence-corrected chi connectivity index (χ3v) is 4.94. The summed E-state index contributed by atoms with van der Waals surface area (Å²) in [6.45, 7) is 5.62. The number of carbonyl (C=O) groups is 1. The second kappa shape index (κ2) is 8.41. The van der Waals surface area contributed by atoms with Crippen molar-refractivity contribution in [3.8, 4) is 5.75 Å². The summed E-state index contributed by atoms with van der Waals surface area (Å²) in [4.78, 5) is 13.1. The maximum Gasteiger partial charge on any atom is 0.264 e. The van der Waals surface area contributed by atoms with E-state index in [1.807, 2.05) is 50.2 Å². The molecule has 2 heterocycles. The van der Waals surface area contributed by atoms with Gasteiger partial charge in [-0.05, 0) is 57.6 Å². The van der Waals surface area contributed by atoms with Gasteiger partial charge >= 0.3 is 0 Å². The molecule has 26 heavy (non-hydrogen) atoms. The van der Waals surface area contributed by atoms with Gasteiger partial charge in [0.05, 0.1) is 6.26 Å². The summed E-state index contributed by atoms with van der Waals surface area (Å²) in [5, 5.41) is 6.47. The fourth-order valence-corrected chi connectivity index (χ4v) is 3.28. The lowest BCUT2D eigenvalue weighted by Gasteiger charge is -2.37. The van der Waals surface area contributed by atoms with Gasteiger partial charge < -0.3 is 19.8 Å². The Balaban J connectivity index is 1.63. The van der Waals surface area contributed by atoms with Gasteiger partial charge in [-0.25, -0.2) is 0 Å². The summed E-state index contributed by atoms with van der Waals surface area (Å²) in [6.07, 6.45) is 4.65. The first-order valence-corrected chi connectivity index (χ1v) is 9.37. The zero-order chi connectivity index (χ0) is 18.4. The molecule has 1 unspecified atom stereocenters. The van der Waals surface area contributed by atoms with E-state index in [0.29, 0.717) is 12.8 Å². The van der Waals surface area contributed by atoms with Gasteiger partial charge in [0, 0.05) is 25.3 Å². The minimum absolute atomic E-state index is 0.0217. The summed E-state index contributed by atoms with van der Waals surface area (Å²) >= 11 is 0. The first-order chi connectivity index (χ1) is 12.6. The molecule has 1 amide bonds. The molecule has 1 aromatic heterocycles. The summed E-state index contributed by atoms with van der Waals surface area (Å²) in [6, 6.07) is 11.8. The van der Waals surface area contributed by atoms with Gasteiger partial charge in [-0.3, -0.25) is 4.79 Å². The number of hydrogen-bond donors (Lipinski definition) is 2. The smallest absolute Gasteiger partial charge is 0.264 e. The van der Waals surface area contributed by atoms with E-state index in [4.69, 9.17) is 9.15 Å². The first-order valence-electron chi connectivity index (χ1n) is 9.37. The van der Waals surface area contributed by atoms with Crippen LogP contribution < -0.4 is 15.4 Å². The normalized spacial score (nSPS) is 17.5. The van der Waals surface area contributed by atoms with Crippen LogP contribution in [0.1, 0.15) is 37.5 Å². The van der Waals surface area contributed by atoms with Gasteiger partial charge in [0.2, 0.25) is 0 Å². The standard InChI is InChI=1S/C21H28N2O3/c1-16-5-8-19(9-6-16)26-21(11-13-22-14-12-21)20(24)23-17(2)7-10-18-4-3-15-25-18/h3-6,8-9,15,17,22H,7,10-14H2,1-2H3,(H,23,24). The maximum atomic E-state index is 13.1. The zero-order valence-corrected chi connectivity index (χ0v) is 15.6. The third-order valence-electron chi connectivity index (χ3n) is 4.94. The molecule has 0 spiro atoms. The van der Waals surface area contributed by atoms with Crippen LogP contribution in [0.5, 0.6) is 5.75 Å².